The Balaban J connectivity index is 1.58. The van der Waals surface area contributed by atoms with Crippen LogP contribution in [0.3, 0.4) is 0 Å². The Morgan fingerprint density at radius 1 is 1.23 bits per heavy atom. The Morgan fingerprint density at radius 2 is 2.00 bits per heavy atom. The van der Waals surface area contributed by atoms with E-state index in [2.05, 4.69) is 47.5 Å². The van der Waals surface area contributed by atoms with Gasteiger partial charge in [-0.05, 0) is 95.8 Å². The topological polar surface area (TPSA) is 104 Å². The zero-order chi connectivity index (χ0) is 27.9. The summed E-state index contributed by atoms with van der Waals surface area (Å²) in [5.74, 6) is -0.589. The number of fused-ring (bicyclic) bond motifs is 1. The van der Waals surface area contributed by atoms with E-state index < -0.39 is 12.0 Å². The normalized spacial score (nSPS) is 19.2. The van der Waals surface area contributed by atoms with Crippen molar-refractivity contribution < 1.29 is 14.3 Å². The highest BCUT2D eigenvalue weighted by atomic mass is 16.5. The summed E-state index contributed by atoms with van der Waals surface area (Å²) in [6.07, 6.45) is 9.33. The van der Waals surface area contributed by atoms with Crippen LogP contribution >= 0.6 is 0 Å². The number of esters is 1. The van der Waals surface area contributed by atoms with Crippen molar-refractivity contribution in [3.8, 4) is 0 Å². The molecule has 1 aliphatic heterocycles. The molecule has 1 saturated carbocycles. The summed E-state index contributed by atoms with van der Waals surface area (Å²) in [5.41, 5.74) is 5.60. The average Bonchev–Trinajstić information content (AvgIpc) is 3.35. The second-order valence-corrected chi connectivity index (χ2v) is 11.4. The van der Waals surface area contributed by atoms with Crippen LogP contribution in [0.4, 0.5) is 5.69 Å². The summed E-state index contributed by atoms with van der Waals surface area (Å²) in [7, 11) is 4.15. The fourth-order valence-electron chi connectivity index (χ4n) is 5.50. The summed E-state index contributed by atoms with van der Waals surface area (Å²) >= 11 is 0. The van der Waals surface area contributed by atoms with E-state index in [0.29, 0.717) is 12.1 Å². The molecule has 210 valence electrons. The molecule has 39 heavy (non-hydrogen) atoms. The van der Waals surface area contributed by atoms with Crippen LogP contribution in [0.5, 0.6) is 0 Å². The van der Waals surface area contributed by atoms with Crippen molar-refractivity contribution in [3.05, 3.63) is 63.1 Å². The molecule has 2 unspecified atom stereocenters. The lowest BCUT2D eigenvalue weighted by molar-refractivity contribution is -0.153. The maximum Gasteiger partial charge on any atom is 0.324 e. The third kappa shape index (κ3) is 7.51. The van der Waals surface area contributed by atoms with Crippen LogP contribution in [0.25, 0.3) is 0 Å². The zero-order valence-electron chi connectivity index (χ0n) is 23.7. The van der Waals surface area contributed by atoms with Gasteiger partial charge >= 0.3 is 5.97 Å². The Labute approximate surface area is 231 Å². The molecule has 2 heterocycles. The predicted molar refractivity (Wildman–Crippen MR) is 154 cm³/mol. The highest BCUT2D eigenvalue weighted by molar-refractivity contribution is 6.04. The third-order valence-electron chi connectivity index (χ3n) is 7.95. The first kappa shape index (κ1) is 28.9. The fourth-order valence-corrected chi connectivity index (χ4v) is 5.50. The standard InChI is InChI=1S/C31H42N4O4/c1-20-15-25(18-33-30(20)37)29-24(13-14-35(3)4)12-11-23-10-9-22(16-27(23)34-29)17-32-28(21(2)19-36)31(38)39-26-7-5-6-8-26/h9-10,15-16,18-19,21,24,26,28,32H,5-8,11-14,17H2,1-4H3,(H,33,37)/t21-,24?,28?/m0/s1. The molecule has 2 N–H and O–H groups in total. The lowest BCUT2D eigenvalue weighted by atomic mass is 9.89. The molecule has 2 aliphatic rings. The SMILES string of the molecule is Cc1cc(C2=Nc3cc(CNC(C(=O)OC4CCCC4)[C@@H](C)C=O)ccc3CCC2CCN(C)C)c[nH]c1=O. The van der Waals surface area contributed by atoms with Crippen molar-refractivity contribution in [3.63, 3.8) is 0 Å². The number of aldehydes is 1. The molecule has 0 saturated heterocycles. The minimum Gasteiger partial charge on any atom is -0.461 e. The van der Waals surface area contributed by atoms with Crippen molar-refractivity contribution in [2.24, 2.45) is 16.8 Å². The average molecular weight is 535 g/mol. The summed E-state index contributed by atoms with van der Waals surface area (Å²) in [5, 5.41) is 3.28. The highest BCUT2D eigenvalue weighted by Crippen LogP contribution is 2.32. The van der Waals surface area contributed by atoms with Gasteiger partial charge in [0.1, 0.15) is 18.4 Å². The molecule has 3 atom stereocenters. The number of rotatable bonds is 11. The first-order valence-corrected chi connectivity index (χ1v) is 14.2. The van der Waals surface area contributed by atoms with Gasteiger partial charge in [0, 0.05) is 35.7 Å². The third-order valence-corrected chi connectivity index (χ3v) is 7.95. The van der Waals surface area contributed by atoms with Crippen molar-refractivity contribution >= 4 is 23.7 Å². The molecule has 1 fully saturated rings. The summed E-state index contributed by atoms with van der Waals surface area (Å²) < 4.78 is 5.71. The van der Waals surface area contributed by atoms with Crippen LogP contribution in [0.1, 0.15) is 67.7 Å². The van der Waals surface area contributed by atoms with Gasteiger partial charge in [0.15, 0.2) is 0 Å². The van der Waals surface area contributed by atoms with Gasteiger partial charge in [-0.15, -0.1) is 0 Å². The Hall–Kier alpha value is -3.10. The Morgan fingerprint density at radius 3 is 2.69 bits per heavy atom. The summed E-state index contributed by atoms with van der Waals surface area (Å²) in [4.78, 5) is 46.8. The van der Waals surface area contributed by atoms with Gasteiger partial charge in [0.2, 0.25) is 0 Å². The first-order chi connectivity index (χ1) is 18.7. The number of aryl methyl sites for hydroxylation is 2. The monoisotopic (exact) mass is 534 g/mol. The number of pyridine rings is 1. The van der Waals surface area contributed by atoms with Gasteiger partial charge in [-0.1, -0.05) is 19.1 Å². The fraction of sp³-hybridized carbons (Fsp3) is 0.548. The van der Waals surface area contributed by atoms with Gasteiger partial charge in [0.05, 0.1) is 11.4 Å². The van der Waals surface area contributed by atoms with Crippen molar-refractivity contribution in [1.82, 2.24) is 15.2 Å². The number of nitrogens with one attached hydrogen (secondary N) is 2. The molecular weight excluding hydrogens is 492 g/mol. The van der Waals surface area contributed by atoms with Gasteiger partial charge in [-0.3, -0.25) is 19.9 Å². The maximum atomic E-state index is 12.9. The minimum atomic E-state index is -0.694. The van der Waals surface area contributed by atoms with E-state index in [1.165, 1.54) is 5.56 Å². The number of hydrogen-bond acceptors (Lipinski definition) is 7. The molecule has 2 aromatic rings. The van der Waals surface area contributed by atoms with Crippen LogP contribution in [0, 0.1) is 18.8 Å². The van der Waals surface area contributed by atoms with Crippen molar-refractivity contribution in [2.75, 3.05) is 20.6 Å². The molecule has 0 spiro atoms. The van der Waals surface area contributed by atoms with Crippen LogP contribution in [0.2, 0.25) is 0 Å². The van der Waals surface area contributed by atoms with Crippen LogP contribution in [-0.4, -0.2) is 60.6 Å². The Kier molecular flexibility index (Phi) is 9.86. The number of carbonyl (C=O) groups is 2. The summed E-state index contributed by atoms with van der Waals surface area (Å²) in [6.45, 7) is 4.93. The number of aromatic amines is 1. The highest BCUT2D eigenvalue weighted by Gasteiger charge is 2.30. The van der Waals surface area contributed by atoms with E-state index in [-0.39, 0.29) is 23.6 Å². The number of aromatic nitrogens is 1. The first-order valence-electron chi connectivity index (χ1n) is 14.2. The lowest BCUT2D eigenvalue weighted by Crippen LogP contribution is -2.44. The number of H-pyrrole nitrogens is 1. The largest absolute Gasteiger partial charge is 0.461 e. The van der Waals surface area contributed by atoms with E-state index in [1.807, 2.05) is 13.0 Å². The molecule has 8 heteroatoms. The number of aliphatic imine (C=N–C) groups is 1. The molecular formula is C31H42N4O4. The van der Waals surface area contributed by atoms with Crippen LogP contribution in [0.15, 0.2) is 40.2 Å². The van der Waals surface area contributed by atoms with Crippen LogP contribution in [-0.2, 0) is 27.3 Å². The molecule has 0 bridgehead atoms. The van der Waals surface area contributed by atoms with E-state index in [9.17, 15) is 14.4 Å². The molecule has 1 aromatic carbocycles. The van der Waals surface area contributed by atoms with Crippen molar-refractivity contribution in [2.45, 2.75) is 77.5 Å². The second kappa shape index (κ2) is 13.3. The van der Waals surface area contributed by atoms with E-state index in [0.717, 1.165) is 80.3 Å². The van der Waals surface area contributed by atoms with Gasteiger partial charge in [-0.25, -0.2) is 0 Å². The van der Waals surface area contributed by atoms with Gasteiger partial charge < -0.3 is 19.4 Å². The quantitative estimate of drug-likeness (QED) is 0.332. The predicted octanol–water partition coefficient (Wildman–Crippen LogP) is 4.10. The molecule has 4 rings (SSSR count). The van der Waals surface area contributed by atoms with E-state index in [1.54, 1.807) is 13.1 Å². The maximum absolute atomic E-state index is 12.9. The number of carbonyl (C=O) groups excluding carboxylic acids is 2. The van der Waals surface area contributed by atoms with E-state index in [4.69, 9.17) is 9.73 Å². The summed E-state index contributed by atoms with van der Waals surface area (Å²) in [6, 6.07) is 7.49. The number of nitrogens with zero attached hydrogens (tertiary/aromatic N) is 2. The second-order valence-electron chi connectivity index (χ2n) is 11.4. The van der Waals surface area contributed by atoms with Crippen molar-refractivity contribution in [1.29, 1.82) is 0 Å². The Bertz CT molecular complexity index is 1250. The molecule has 0 amide bonds. The smallest absolute Gasteiger partial charge is 0.324 e. The molecule has 0 radical (unpaired) electrons. The molecule has 1 aromatic heterocycles. The number of ether oxygens (including phenoxy) is 1. The minimum absolute atomic E-state index is 0.0436. The molecule has 1 aliphatic carbocycles. The van der Waals surface area contributed by atoms with Gasteiger partial charge in [0.25, 0.3) is 5.56 Å². The number of benzene rings is 1. The lowest BCUT2D eigenvalue weighted by Gasteiger charge is -2.22. The number of hydrogen-bond donors (Lipinski definition) is 2. The van der Waals surface area contributed by atoms with Crippen LogP contribution < -0.4 is 10.9 Å². The molecule has 8 nitrogen and oxygen atoms in total. The van der Waals surface area contributed by atoms with Gasteiger partial charge in [-0.2, -0.15) is 0 Å². The zero-order valence-corrected chi connectivity index (χ0v) is 23.7. The van der Waals surface area contributed by atoms with E-state index >= 15 is 0 Å².